The van der Waals surface area contributed by atoms with Crippen molar-refractivity contribution in [3.05, 3.63) is 77.1 Å². The van der Waals surface area contributed by atoms with Crippen LogP contribution in [0.25, 0.3) is 22.5 Å². The van der Waals surface area contributed by atoms with Gasteiger partial charge in [-0.05, 0) is 18.2 Å². The van der Waals surface area contributed by atoms with Crippen LogP contribution in [0.3, 0.4) is 0 Å². The summed E-state index contributed by atoms with van der Waals surface area (Å²) in [5.74, 6) is 0. The van der Waals surface area contributed by atoms with Gasteiger partial charge in [0.2, 0.25) is 0 Å². The number of nitro groups is 1. The monoisotopic (exact) mass is 277 g/mol. The molecule has 0 unspecified atom stereocenters. The lowest BCUT2D eigenvalue weighted by Crippen LogP contribution is -1.96. The fourth-order valence-electron chi connectivity index (χ4n) is 2.19. The fraction of sp³-hybridized carbons (Fsp3) is 0. The van der Waals surface area contributed by atoms with E-state index in [9.17, 15) is 10.1 Å². The predicted molar refractivity (Wildman–Crippen MR) is 79.6 cm³/mol. The molecule has 2 heterocycles. The summed E-state index contributed by atoms with van der Waals surface area (Å²) in [6.07, 6.45) is 3.25. The van der Waals surface area contributed by atoms with E-state index in [4.69, 9.17) is 0 Å². The Balaban J connectivity index is 2.24. The molecule has 0 saturated heterocycles. The first-order chi connectivity index (χ1) is 10.3. The Morgan fingerprint density at radius 2 is 1.52 bits per heavy atom. The number of hydrogen-bond donors (Lipinski definition) is 0. The minimum atomic E-state index is -0.419. The Labute approximate surface area is 121 Å². The largest absolute Gasteiger partial charge is 0.295 e. The smallest absolute Gasteiger partial charge is 0.258 e. The molecule has 0 radical (unpaired) electrons. The number of pyridine rings is 2. The maximum absolute atomic E-state index is 11.2. The Morgan fingerprint density at radius 3 is 2.24 bits per heavy atom. The van der Waals surface area contributed by atoms with Gasteiger partial charge in [0.15, 0.2) is 0 Å². The summed E-state index contributed by atoms with van der Waals surface area (Å²) in [5, 5.41) is 11.2. The van der Waals surface area contributed by atoms with Crippen molar-refractivity contribution in [2.24, 2.45) is 0 Å². The molecule has 0 atom stereocenters. The highest BCUT2D eigenvalue weighted by Gasteiger charge is 2.19. The van der Waals surface area contributed by atoms with E-state index in [1.165, 1.54) is 6.07 Å². The fourth-order valence-corrected chi connectivity index (χ4v) is 2.19. The van der Waals surface area contributed by atoms with E-state index in [1.807, 2.05) is 42.5 Å². The molecule has 5 heteroatoms. The second kappa shape index (κ2) is 5.50. The third-order valence-electron chi connectivity index (χ3n) is 3.11. The lowest BCUT2D eigenvalue weighted by molar-refractivity contribution is -0.384. The van der Waals surface area contributed by atoms with Gasteiger partial charge in [-0.2, -0.15) is 0 Å². The van der Waals surface area contributed by atoms with Gasteiger partial charge in [0, 0.05) is 29.6 Å². The molecule has 0 bridgehead atoms. The molecule has 0 spiro atoms. The summed E-state index contributed by atoms with van der Waals surface area (Å²) in [4.78, 5) is 19.3. The van der Waals surface area contributed by atoms with E-state index in [1.54, 1.807) is 18.5 Å². The highest BCUT2D eigenvalue weighted by molar-refractivity contribution is 5.83. The Bertz CT molecular complexity index is 788. The van der Waals surface area contributed by atoms with Crippen LogP contribution in [0.5, 0.6) is 0 Å². The van der Waals surface area contributed by atoms with Gasteiger partial charge in [0.1, 0.15) is 5.69 Å². The summed E-state index contributed by atoms with van der Waals surface area (Å²) in [5.41, 5.74) is 2.61. The number of hydrogen-bond acceptors (Lipinski definition) is 4. The van der Waals surface area contributed by atoms with Crippen molar-refractivity contribution in [1.82, 2.24) is 9.97 Å². The van der Waals surface area contributed by atoms with Crippen LogP contribution in [0.15, 0.2) is 67.0 Å². The van der Waals surface area contributed by atoms with Crippen molar-refractivity contribution >= 4 is 5.69 Å². The van der Waals surface area contributed by atoms with Crippen molar-refractivity contribution in [1.29, 1.82) is 0 Å². The minimum Gasteiger partial charge on any atom is -0.258 e. The van der Waals surface area contributed by atoms with Gasteiger partial charge in [0.25, 0.3) is 5.69 Å². The van der Waals surface area contributed by atoms with Crippen LogP contribution in [-0.2, 0) is 0 Å². The normalized spacial score (nSPS) is 10.3. The summed E-state index contributed by atoms with van der Waals surface area (Å²) in [6.45, 7) is 0. The highest BCUT2D eigenvalue weighted by atomic mass is 16.6. The van der Waals surface area contributed by atoms with E-state index in [-0.39, 0.29) is 5.69 Å². The van der Waals surface area contributed by atoms with Crippen molar-refractivity contribution in [3.63, 3.8) is 0 Å². The van der Waals surface area contributed by atoms with Crippen molar-refractivity contribution in [2.75, 3.05) is 0 Å². The first-order valence-electron chi connectivity index (χ1n) is 6.37. The molecule has 2 aromatic heterocycles. The van der Waals surface area contributed by atoms with Crippen LogP contribution >= 0.6 is 0 Å². The first kappa shape index (κ1) is 12.9. The molecule has 0 amide bonds. The van der Waals surface area contributed by atoms with E-state index >= 15 is 0 Å². The van der Waals surface area contributed by atoms with Gasteiger partial charge in [-0.25, -0.2) is 4.98 Å². The molecule has 0 N–H and O–H groups in total. The molecule has 0 aliphatic carbocycles. The number of aromatic nitrogens is 2. The average Bonchev–Trinajstić information content (AvgIpc) is 2.55. The summed E-state index contributed by atoms with van der Waals surface area (Å²) in [7, 11) is 0. The van der Waals surface area contributed by atoms with E-state index < -0.39 is 4.92 Å². The standard InChI is InChI=1S/C16H11N3O2/c20-19(21)15-9-5-11-18-16(15)13-7-2-1-6-12(13)14-8-3-4-10-17-14/h1-11H. The van der Waals surface area contributed by atoms with Gasteiger partial charge in [-0.15, -0.1) is 0 Å². The lowest BCUT2D eigenvalue weighted by Gasteiger charge is -2.08. The zero-order valence-corrected chi connectivity index (χ0v) is 11.0. The van der Waals surface area contributed by atoms with Crippen LogP contribution in [0.4, 0.5) is 5.69 Å². The molecule has 0 aliphatic rings. The van der Waals surface area contributed by atoms with E-state index in [0.717, 1.165) is 11.3 Å². The van der Waals surface area contributed by atoms with Crippen LogP contribution in [0, 0.1) is 10.1 Å². The van der Waals surface area contributed by atoms with Gasteiger partial charge in [-0.1, -0.05) is 30.3 Å². The zero-order chi connectivity index (χ0) is 14.7. The molecule has 0 aliphatic heterocycles. The minimum absolute atomic E-state index is 0.0131. The Kier molecular flexibility index (Phi) is 3.39. The van der Waals surface area contributed by atoms with E-state index in [0.29, 0.717) is 11.3 Å². The first-order valence-corrected chi connectivity index (χ1v) is 6.37. The van der Waals surface area contributed by atoms with E-state index in [2.05, 4.69) is 9.97 Å². The van der Waals surface area contributed by atoms with Gasteiger partial charge in [0.05, 0.1) is 10.6 Å². The van der Waals surface area contributed by atoms with Crippen LogP contribution in [0.1, 0.15) is 0 Å². The van der Waals surface area contributed by atoms with Crippen LogP contribution in [0.2, 0.25) is 0 Å². The molecule has 1 aromatic carbocycles. The second-order valence-electron chi connectivity index (χ2n) is 4.39. The van der Waals surface area contributed by atoms with Crippen molar-refractivity contribution in [2.45, 2.75) is 0 Å². The Hall–Kier alpha value is -3.08. The highest BCUT2D eigenvalue weighted by Crippen LogP contribution is 2.34. The Morgan fingerprint density at radius 1 is 0.810 bits per heavy atom. The summed E-state index contributed by atoms with van der Waals surface area (Å²) >= 11 is 0. The number of benzene rings is 1. The number of nitrogens with zero attached hydrogens (tertiary/aromatic N) is 3. The summed E-state index contributed by atoms with van der Waals surface area (Å²) < 4.78 is 0. The van der Waals surface area contributed by atoms with Crippen molar-refractivity contribution in [3.8, 4) is 22.5 Å². The average molecular weight is 277 g/mol. The lowest BCUT2D eigenvalue weighted by atomic mass is 10.00. The quantitative estimate of drug-likeness (QED) is 0.540. The molecule has 3 aromatic rings. The maximum Gasteiger partial charge on any atom is 0.295 e. The summed E-state index contributed by atoms with van der Waals surface area (Å²) in [6, 6.07) is 16.0. The molecule has 102 valence electrons. The molecule has 3 rings (SSSR count). The number of rotatable bonds is 3. The van der Waals surface area contributed by atoms with Crippen LogP contribution in [-0.4, -0.2) is 14.9 Å². The van der Waals surface area contributed by atoms with Crippen LogP contribution < -0.4 is 0 Å². The topological polar surface area (TPSA) is 68.9 Å². The second-order valence-corrected chi connectivity index (χ2v) is 4.39. The maximum atomic E-state index is 11.2. The molecule has 0 fully saturated rings. The van der Waals surface area contributed by atoms with Crippen molar-refractivity contribution < 1.29 is 4.92 Å². The predicted octanol–water partition coefficient (Wildman–Crippen LogP) is 3.72. The molecule has 21 heavy (non-hydrogen) atoms. The van der Waals surface area contributed by atoms with Gasteiger partial charge < -0.3 is 0 Å². The SMILES string of the molecule is O=[N+]([O-])c1cccnc1-c1ccccc1-c1ccccn1. The van der Waals surface area contributed by atoms with Gasteiger partial charge in [-0.3, -0.25) is 15.1 Å². The molecule has 5 nitrogen and oxygen atoms in total. The third-order valence-corrected chi connectivity index (χ3v) is 3.11. The van der Waals surface area contributed by atoms with Gasteiger partial charge >= 0.3 is 0 Å². The molecular formula is C16H11N3O2. The third kappa shape index (κ3) is 2.49. The molecule has 0 saturated carbocycles. The molecular weight excluding hydrogens is 266 g/mol. The zero-order valence-electron chi connectivity index (χ0n) is 11.0.